The molecule has 2 aliphatic rings. The highest BCUT2D eigenvalue weighted by molar-refractivity contribution is 7.90. The lowest BCUT2D eigenvalue weighted by Gasteiger charge is -2.37. The maximum atomic E-state index is 12.3. The SMILES string of the molecule is NCC1(NS(=O)(=O)C2CCCC2)CCCCC1. The quantitative estimate of drug-likeness (QED) is 0.805. The molecule has 100 valence electrons. The highest BCUT2D eigenvalue weighted by Gasteiger charge is 2.38. The van der Waals surface area contributed by atoms with Crippen LogP contribution in [0.4, 0.5) is 0 Å². The average Bonchev–Trinajstić information content (AvgIpc) is 2.84. The number of rotatable bonds is 4. The summed E-state index contributed by atoms with van der Waals surface area (Å²) in [5, 5.41) is -0.173. The van der Waals surface area contributed by atoms with Gasteiger partial charge in [0.05, 0.1) is 5.25 Å². The number of nitrogens with two attached hydrogens (primary N) is 1. The van der Waals surface area contributed by atoms with Crippen molar-refractivity contribution >= 4 is 10.0 Å². The molecule has 0 heterocycles. The van der Waals surface area contributed by atoms with E-state index in [0.717, 1.165) is 51.4 Å². The van der Waals surface area contributed by atoms with Crippen LogP contribution < -0.4 is 10.5 Å². The van der Waals surface area contributed by atoms with Gasteiger partial charge in [0.25, 0.3) is 0 Å². The topological polar surface area (TPSA) is 72.2 Å². The number of sulfonamides is 1. The smallest absolute Gasteiger partial charge is 0.215 e. The minimum Gasteiger partial charge on any atom is -0.329 e. The predicted octanol–water partition coefficient (Wildman–Crippen LogP) is 1.51. The first-order valence-corrected chi connectivity index (χ1v) is 8.35. The first-order valence-electron chi connectivity index (χ1n) is 6.81. The lowest BCUT2D eigenvalue weighted by atomic mass is 9.83. The maximum absolute atomic E-state index is 12.3. The average molecular weight is 260 g/mol. The largest absolute Gasteiger partial charge is 0.329 e. The minimum atomic E-state index is -3.16. The standard InChI is InChI=1S/C12H24N2O2S/c13-10-12(8-4-1-5-9-12)14-17(15,16)11-6-2-3-7-11/h11,14H,1-10,13H2. The molecule has 2 rings (SSSR count). The zero-order valence-electron chi connectivity index (χ0n) is 10.5. The molecule has 17 heavy (non-hydrogen) atoms. The molecule has 0 saturated heterocycles. The van der Waals surface area contributed by atoms with E-state index in [1.165, 1.54) is 6.42 Å². The van der Waals surface area contributed by atoms with Crippen LogP contribution in [0.1, 0.15) is 57.8 Å². The minimum absolute atomic E-state index is 0.173. The first kappa shape index (κ1) is 13.3. The Balaban J connectivity index is 2.06. The summed E-state index contributed by atoms with van der Waals surface area (Å²) in [5.41, 5.74) is 5.47. The Hall–Kier alpha value is -0.130. The van der Waals surface area contributed by atoms with Gasteiger partial charge in [0.15, 0.2) is 0 Å². The van der Waals surface area contributed by atoms with Gasteiger partial charge >= 0.3 is 0 Å². The predicted molar refractivity (Wildman–Crippen MR) is 69.2 cm³/mol. The van der Waals surface area contributed by atoms with Crippen molar-refractivity contribution in [2.24, 2.45) is 5.73 Å². The van der Waals surface area contributed by atoms with Crippen LogP contribution >= 0.6 is 0 Å². The summed E-state index contributed by atoms with van der Waals surface area (Å²) in [6.07, 6.45) is 8.89. The molecule has 2 fully saturated rings. The number of nitrogens with one attached hydrogen (secondary N) is 1. The molecule has 0 unspecified atom stereocenters. The third-order valence-electron chi connectivity index (χ3n) is 4.30. The first-order chi connectivity index (χ1) is 8.08. The van der Waals surface area contributed by atoms with Crippen LogP contribution in [-0.2, 0) is 10.0 Å². The summed E-state index contributed by atoms with van der Waals surface area (Å²) in [5.74, 6) is 0. The Bertz CT molecular complexity index is 342. The van der Waals surface area contributed by atoms with Gasteiger partial charge in [-0.25, -0.2) is 13.1 Å². The van der Waals surface area contributed by atoms with Crippen LogP contribution in [0.5, 0.6) is 0 Å². The number of hydrogen-bond donors (Lipinski definition) is 2. The fraction of sp³-hybridized carbons (Fsp3) is 1.00. The van der Waals surface area contributed by atoms with E-state index >= 15 is 0 Å². The van der Waals surface area contributed by atoms with Gasteiger partial charge in [-0.05, 0) is 25.7 Å². The monoisotopic (exact) mass is 260 g/mol. The van der Waals surface area contributed by atoms with Gasteiger partial charge in [-0.3, -0.25) is 0 Å². The maximum Gasteiger partial charge on any atom is 0.215 e. The summed E-state index contributed by atoms with van der Waals surface area (Å²) in [6.45, 7) is 0.430. The molecule has 4 nitrogen and oxygen atoms in total. The Kier molecular flexibility index (Phi) is 4.10. The van der Waals surface area contributed by atoms with E-state index in [9.17, 15) is 8.42 Å². The second kappa shape index (κ2) is 5.24. The molecule has 2 saturated carbocycles. The van der Waals surface area contributed by atoms with Crippen LogP contribution in [-0.4, -0.2) is 25.8 Å². The molecule has 0 aromatic carbocycles. The van der Waals surface area contributed by atoms with Crippen molar-refractivity contribution in [1.82, 2.24) is 4.72 Å². The van der Waals surface area contributed by atoms with Crippen LogP contribution in [0, 0.1) is 0 Å². The van der Waals surface area contributed by atoms with Crippen LogP contribution in [0.15, 0.2) is 0 Å². The molecular formula is C12H24N2O2S. The second-order valence-corrected chi connectivity index (χ2v) is 7.56. The fourth-order valence-electron chi connectivity index (χ4n) is 3.16. The van der Waals surface area contributed by atoms with Gasteiger partial charge in [0, 0.05) is 12.1 Å². The van der Waals surface area contributed by atoms with Gasteiger partial charge in [-0.1, -0.05) is 32.1 Å². The zero-order valence-corrected chi connectivity index (χ0v) is 11.3. The molecule has 0 atom stereocenters. The Morgan fingerprint density at radius 2 is 1.65 bits per heavy atom. The van der Waals surface area contributed by atoms with Crippen molar-refractivity contribution in [2.45, 2.75) is 68.6 Å². The summed E-state index contributed by atoms with van der Waals surface area (Å²) >= 11 is 0. The summed E-state index contributed by atoms with van der Waals surface area (Å²) in [4.78, 5) is 0. The molecule has 0 aromatic rings. The normalized spacial score (nSPS) is 26.2. The summed E-state index contributed by atoms with van der Waals surface area (Å²) < 4.78 is 27.5. The third-order valence-corrected chi connectivity index (χ3v) is 6.37. The van der Waals surface area contributed by atoms with E-state index < -0.39 is 10.0 Å². The molecule has 0 bridgehead atoms. The van der Waals surface area contributed by atoms with E-state index in [2.05, 4.69) is 4.72 Å². The fourth-order valence-corrected chi connectivity index (χ4v) is 5.17. The van der Waals surface area contributed by atoms with Crippen molar-refractivity contribution in [1.29, 1.82) is 0 Å². The van der Waals surface area contributed by atoms with Crippen LogP contribution in [0.2, 0.25) is 0 Å². The molecule has 0 aromatic heterocycles. The van der Waals surface area contributed by atoms with Gasteiger partial charge < -0.3 is 5.73 Å². The molecule has 2 aliphatic carbocycles. The van der Waals surface area contributed by atoms with Crippen molar-refractivity contribution in [3.63, 3.8) is 0 Å². The Morgan fingerprint density at radius 1 is 1.06 bits per heavy atom. The summed E-state index contributed by atoms with van der Waals surface area (Å²) in [7, 11) is -3.16. The molecule has 0 radical (unpaired) electrons. The molecular weight excluding hydrogens is 236 g/mol. The van der Waals surface area contributed by atoms with Crippen molar-refractivity contribution in [3.8, 4) is 0 Å². The molecule has 0 spiro atoms. The third kappa shape index (κ3) is 3.01. The second-order valence-electron chi connectivity index (χ2n) is 5.60. The van der Waals surface area contributed by atoms with Crippen molar-refractivity contribution in [2.75, 3.05) is 6.54 Å². The molecule has 5 heteroatoms. The van der Waals surface area contributed by atoms with E-state index in [-0.39, 0.29) is 10.8 Å². The lowest BCUT2D eigenvalue weighted by molar-refractivity contribution is 0.275. The van der Waals surface area contributed by atoms with Gasteiger partial charge in [0.2, 0.25) is 10.0 Å². The molecule has 0 aliphatic heterocycles. The lowest BCUT2D eigenvalue weighted by Crippen LogP contribution is -2.56. The summed E-state index contributed by atoms with van der Waals surface area (Å²) in [6, 6.07) is 0. The van der Waals surface area contributed by atoms with Crippen LogP contribution in [0.25, 0.3) is 0 Å². The van der Waals surface area contributed by atoms with Gasteiger partial charge in [-0.15, -0.1) is 0 Å². The molecule has 0 amide bonds. The van der Waals surface area contributed by atoms with Gasteiger partial charge in [-0.2, -0.15) is 0 Å². The Labute approximate surface area is 104 Å². The van der Waals surface area contributed by atoms with E-state index in [1.54, 1.807) is 0 Å². The van der Waals surface area contributed by atoms with Crippen LogP contribution in [0.3, 0.4) is 0 Å². The zero-order chi connectivity index (χ0) is 12.4. The van der Waals surface area contributed by atoms with E-state index in [1.807, 2.05) is 0 Å². The highest BCUT2D eigenvalue weighted by Crippen LogP contribution is 2.31. The molecule has 3 N–H and O–H groups in total. The van der Waals surface area contributed by atoms with E-state index in [0.29, 0.717) is 6.54 Å². The Morgan fingerprint density at radius 3 is 2.18 bits per heavy atom. The van der Waals surface area contributed by atoms with E-state index in [4.69, 9.17) is 5.73 Å². The highest BCUT2D eigenvalue weighted by atomic mass is 32.2. The van der Waals surface area contributed by atoms with Crippen molar-refractivity contribution in [3.05, 3.63) is 0 Å². The van der Waals surface area contributed by atoms with Gasteiger partial charge in [0.1, 0.15) is 0 Å². The van der Waals surface area contributed by atoms with Crippen molar-refractivity contribution < 1.29 is 8.42 Å². The number of hydrogen-bond acceptors (Lipinski definition) is 3.